The highest BCUT2D eigenvalue weighted by Crippen LogP contribution is 2.44. The number of Topliss-reactive ketones (excluding diaryl/α,β-unsaturated/α-hetero) is 1. The molecule has 2 aromatic rings. The van der Waals surface area contributed by atoms with Gasteiger partial charge in [-0.2, -0.15) is 0 Å². The highest BCUT2D eigenvalue weighted by Gasteiger charge is 2.60. The molecule has 0 aromatic carbocycles. The summed E-state index contributed by atoms with van der Waals surface area (Å²) in [5.74, 6) is -3.75. The van der Waals surface area contributed by atoms with E-state index in [2.05, 4.69) is 34.5 Å². The Balaban J connectivity index is 1.46. The van der Waals surface area contributed by atoms with Gasteiger partial charge in [0.2, 0.25) is 0 Å². The van der Waals surface area contributed by atoms with E-state index >= 15 is 0 Å². The summed E-state index contributed by atoms with van der Waals surface area (Å²) >= 11 is 0. The number of methoxy groups -OCH3 is 1. The van der Waals surface area contributed by atoms with E-state index in [0.29, 0.717) is 25.9 Å². The molecule has 16 heteroatoms. The number of amides is 1. The quantitative estimate of drug-likeness (QED) is 0.131. The first-order valence-corrected chi connectivity index (χ1v) is 26.0. The fourth-order valence-corrected chi connectivity index (χ4v) is 11.2. The van der Waals surface area contributed by atoms with E-state index < -0.39 is 92.0 Å². The molecule has 0 aliphatic carbocycles. The van der Waals surface area contributed by atoms with Crippen LogP contribution in [0.2, 0.25) is 19.6 Å². The number of aliphatic hydroxyl groups excluding tert-OH is 1. The second-order valence-electron chi connectivity index (χ2n) is 19.8. The van der Waals surface area contributed by atoms with Crippen LogP contribution in [0.1, 0.15) is 87.5 Å². The fourth-order valence-electron chi connectivity index (χ4n) is 10.1. The maximum atomic E-state index is 14.9. The summed E-state index contributed by atoms with van der Waals surface area (Å²) in [6, 6.07) is 3.06. The largest absolute Gasteiger partial charge is 0.458 e. The maximum absolute atomic E-state index is 14.9. The Labute approximate surface area is 370 Å². The first kappa shape index (κ1) is 49.8. The summed E-state index contributed by atoms with van der Waals surface area (Å²) in [6.45, 7) is 22.1. The van der Waals surface area contributed by atoms with Gasteiger partial charge in [0.15, 0.2) is 20.2 Å². The zero-order valence-corrected chi connectivity index (χ0v) is 40.7. The number of hydrogen-bond donors (Lipinski definition) is 1. The molecule has 1 amide bonds. The molecule has 14 atom stereocenters. The minimum absolute atomic E-state index is 0.0194. The van der Waals surface area contributed by atoms with Crippen molar-refractivity contribution < 1.29 is 47.6 Å². The lowest BCUT2D eigenvalue weighted by atomic mass is 9.73. The number of rotatable bonds is 13. The monoisotopic (exact) mass is 886 g/mol. The molecule has 62 heavy (non-hydrogen) atoms. The number of likely N-dealkylation sites (N-methyl/N-ethyl adjacent to an activating group) is 1. The summed E-state index contributed by atoms with van der Waals surface area (Å²) < 4.78 is 41.3. The summed E-state index contributed by atoms with van der Waals surface area (Å²) in [5, 5.41) is 12.1. The molecule has 3 saturated heterocycles. The minimum Gasteiger partial charge on any atom is -0.458 e. The van der Waals surface area contributed by atoms with Crippen molar-refractivity contribution in [1.29, 1.82) is 0 Å². The van der Waals surface area contributed by atoms with Crippen LogP contribution in [-0.4, -0.2) is 143 Å². The number of esters is 1. The Morgan fingerprint density at radius 3 is 2.34 bits per heavy atom. The molecule has 3 aliphatic heterocycles. The number of imidazole rings is 1. The number of aryl methyl sites for hydroxylation is 1. The van der Waals surface area contributed by atoms with Crippen LogP contribution in [-0.2, 0) is 44.2 Å². The number of fused-ring (bicyclic) bond motifs is 1. The molecule has 5 heterocycles. The number of carbonyl (C=O) groups is 3. The van der Waals surface area contributed by atoms with Crippen molar-refractivity contribution in [2.24, 2.45) is 23.7 Å². The van der Waals surface area contributed by atoms with E-state index in [1.807, 2.05) is 78.5 Å². The van der Waals surface area contributed by atoms with E-state index in [1.54, 1.807) is 44.6 Å². The van der Waals surface area contributed by atoms with Crippen LogP contribution < -0.4 is 0 Å². The number of aliphatic hydroxyl groups is 1. The second-order valence-corrected chi connectivity index (χ2v) is 24.2. The number of carbonyl (C=O) groups excluding carboxylic acids is 3. The number of aromatic nitrogens is 3. The number of nitrogens with zero attached hydrogens (tertiary/aromatic N) is 5. The molecule has 0 radical (unpaired) electrons. The third-order valence-electron chi connectivity index (χ3n) is 13.5. The smallest absolute Gasteiger partial charge is 0.410 e. The molecule has 5 rings (SSSR count). The van der Waals surface area contributed by atoms with Crippen molar-refractivity contribution in [3.8, 4) is 11.3 Å². The summed E-state index contributed by atoms with van der Waals surface area (Å²) in [5.41, 5.74) is -0.769. The number of unbranched alkanes of at least 4 members (excludes halogenated alkanes) is 1. The number of ketones is 1. The van der Waals surface area contributed by atoms with Gasteiger partial charge in [0.05, 0.1) is 47.9 Å². The summed E-state index contributed by atoms with van der Waals surface area (Å²) in [6.07, 6.45) is 4.84. The van der Waals surface area contributed by atoms with E-state index in [4.69, 9.17) is 28.1 Å². The van der Waals surface area contributed by atoms with Crippen molar-refractivity contribution in [3.05, 3.63) is 37.1 Å². The molecule has 15 nitrogen and oxygen atoms in total. The molecule has 2 aromatic heterocycles. The standard InChI is InChI=1S/C46H75N5O10Si/c1-15-36-46(8)40(51(44(55)60-46)22-17-16-21-50-26-34(48-27-50)33-19-18-20-47-25-33)30(4)37(52)28(2)24-45(7,56-11)41(31(5)38(53)32(6)42(54)58-36)59-43-39(61-62(12,13)14)35(49(9)10)23-29(3)57-43/h18-20,25-32,35-36,38-41,43,53H,15-17,21-24H2,1-14H3/t28-,29-,30+,31+,32-,35+,36-,38+,39-,40-,41-,43+,45-,46-/m1/s1. The van der Waals surface area contributed by atoms with Crippen molar-refractivity contribution in [2.45, 2.75) is 174 Å². The van der Waals surface area contributed by atoms with Crippen molar-refractivity contribution >= 4 is 26.2 Å². The normalized spacial score (nSPS) is 36.6. The summed E-state index contributed by atoms with van der Waals surface area (Å²) in [4.78, 5) is 55.6. The van der Waals surface area contributed by atoms with Gasteiger partial charge >= 0.3 is 12.1 Å². The van der Waals surface area contributed by atoms with E-state index in [1.165, 1.54) is 0 Å². The third kappa shape index (κ3) is 11.0. The van der Waals surface area contributed by atoms with Crippen molar-refractivity contribution in [1.82, 2.24) is 24.3 Å². The molecular formula is C46H75N5O10Si. The van der Waals surface area contributed by atoms with Crippen LogP contribution >= 0.6 is 0 Å². The average Bonchev–Trinajstić information content (AvgIpc) is 3.80. The molecule has 0 unspecified atom stereocenters. The van der Waals surface area contributed by atoms with Gasteiger partial charge in [-0.1, -0.05) is 27.7 Å². The predicted molar refractivity (Wildman–Crippen MR) is 237 cm³/mol. The number of hydrogen-bond acceptors (Lipinski definition) is 13. The van der Waals surface area contributed by atoms with E-state index in [-0.39, 0.29) is 24.3 Å². The van der Waals surface area contributed by atoms with E-state index in [9.17, 15) is 19.5 Å². The molecule has 1 N–H and O–H groups in total. The van der Waals surface area contributed by atoms with E-state index in [0.717, 1.165) is 24.1 Å². The Kier molecular flexibility index (Phi) is 16.3. The first-order chi connectivity index (χ1) is 29.0. The Morgan fingerprint density at radius 1 is 1.03 bits per heavy atom. The van der Waals surface area contributed by atoms with Gasteiger partial charge in [0, 0.05) is 68.1 Å². The molecule has 0 spiro atoms. The summed E-state index contributed by atoms with van der Waals surface area (Å²) in [7, 11) is 3.49. The van der Waals surface area contributed by atoms with Crippen LogP contribution in [0.15, 0.2) is 37.1 Å². The van der Waals surface area contributed by atoms with Crippen LogP contribution in [0.3, 0.4) is 0 Å². The lowest BCUT2D eigenvalue weighted by Crippen LogP contribution is -2.62. The zero-order valence-electron chi connectivity index (χ0n) is 39.7. The molecule has 3 fully saturated rings. The fraction of sp³-hybridized carbons (Fsp3) is 0.761. The van der Waals surface area contributed by atoms with Crippen LogP contribution in [0, 0.1) is 23.7 Å². The highest BCUT2D eigenvalue weighted by molar-refractivity contribution is 6.69. The van der Waals surface area contributed by atoms with Gasteiger partial charge in [-0.25, -0.2) is 9.78 Å². The molecule has 0 saturated carbocycles. The topological polar surface area (TPSA) is 164 Å². The SMILES string of the molecule is CC[C@H]1OC(=O)[C@H](C)[C@@H](O)[C@H](C)[C@@H](O[C@@H]2O[C@H](C)C[C@H](N(C)C)[C@H]2O[Si](C)(C)C)[C@](C)(OC)C[C@@H](C)C(=O)[C@H](C)[C@H]2N(CCCCn3cnc(-c4cccnc4)c3)C(=O)O[C@]12C. The highest BCUT2D eigenvalue weighted by atomic mass is 28.4. The van der Waals surface area contributed by atoms with Crippen LogP contribution in [0.4, 0.5) is 4.79 Å². The van der Waals surface area contributed by atoms with Gasteiger partial charge in [0.1, 0.15) is 18.0 Å². The lowest BCUT2D eigenvalue weighted by molar-refractivity contribution is -0.298. The maximum Gasteiger partial charge on any atom is 0.410 e. The molecular weight excluding hydrogens is 811 g/mol. The second kappa shape index (κ2) is 20.3. The van der Waals surface area contributed by atoms with Gasteiger partial charge < -0.3 is 47.6 Å². The van der Waals surface area contributed by atoms with Crippen molar-refractivity contribution in [2.75, 3.05) is 27.7 Å². The molecule has 0 bridgehead atoms. The Hall–Kier alpha value is -3.25. The average molecular weight is 886 g/mol. The van der Waals surface area contributed by atoms with Crippen LogP contribution in [0.25, 0.3) is 11.3 Å². The molecule has 348 valence electrons. The van der Waals surface area contributed by atoms with Gasteiger partial charge in [0.25, 0.3) is 0 Å². The zero-order chi connectivity index (χ0) is 45.9. The number of cyclic esters (lactones) is 1. The predicted octanol–water partition coefficient (Wildman–Crippen LogP) is 6.58. The first-order valence-electron chi connectivity index (χ1n) is 22.6. The van der Waals surface area contributed by atoms with Crippen molar-refractivity contribution in [3.63, 3.8) is 0 Å². The third-order valence-corrected chi connectivity index (χ3v) is 14.5. The Bertz CT molecular complexity index is 1810. The van der Waals surface area contributed by atoms with Gasteiger partial charge in [-0.15, -0.1) is 0 Å². The molecule has 3 aliphatic rings. The van der Waals surface area contributed by atoms with Gasteiger partial charge in [-0.3, -0.25) is 14.6 Å². The van der Waals surface area contributed by atoms with Crippen LogP contribution in [0.5, 0.6) is 0 Å². The van der Waals surface area contributed by atoms with Gasteiger partial charge in [-0.05, 0) is 106 Å². The number of pyridine rings is 1. The Morgan fingerprint density at radius 2 is 1.73 bits per heavy atom. The minimum atomic E-state index is -2.13. The number of ether oxygens (including phenoxy) is 5. The lowest BCUT2D eigenvalue weighted by Gasteiger charge is -2.50.